The van der Waals surface area contributed by atoms with Crippen molar-refractivity contribution in [1.82, 2.24) is 4.98 Å². The van der Waals surface area contributed by atoms with Gasteiger partial charge in [0.1, 0.15) is 5.82 Å². The quantitative estimate of drug-likeness (QED) is 0.893. The fourth-order valence-corrected chi connectivity index (χ4v) is 2.59. The number of carbonyl (C=O) groups excluding carboxylic acids is 2. The van der Waals surface area contributed by atoms with Gasteiger partial charge < -0.3 is 10.6 Å². The lowest BCUT2D eigenvalue weighted by atomic mass is 9.89. The molecule has 2 amide bonds. The van der Waals surface area contributed by atoms with Crippen LogP contribution in [0, 0.1) is 12.8 Å². The molecule has 1 aromatic rings. The van der Waals surface area contributed by atoms with Crippen LogP contribution in [0.1, 0.15) is 51.0 Å². The Morgan fingerprint density at radius 3 is 2.57 bits per heavy atom. The van der Waals surface area contributed by atoms with Gasteiger partial charge in [-0.2, -0.15) is 0 Å². The summed E-state index contributed by atoms with van der Waals surface area (Å²) >= 11 is 0. The highest BCUT2D eigenvalue weighted by Gasteiger charge is 2.21. The van der Waals surface area contributed by atoms with Crippen LogP contribution in [0.5, 0.6) is 0 Å². The van der Waals surface area contributed by atoms with Gasteiger partial charge in [0.2, 0.25) is 11.8 Å². The Hall–Kier alpha value is -1.91. The predicted octanol–water partition coefficient (Wildman–Crippen LogP) is 3.26. The minimum absolute atomic E-state index is 0.0427. The number of rotatable bonds is 4. The molecular weight excluding hydrogens is 266 g/mol. The number of anilines is 2. The molecule has 0 aliphatic heterocycles. The highest BCUT2D eigenvalue weighted by atomic mass is 16.2. The first-order chi connectivity index (χ1) is 10.1. The number of amides is 2. The summed E-state index contributed by atoms with van der Waals surface area (Å²) < 4.78 is 0. The van der Waals surface area contributed by atoms with Crippen molar-refractivity contribution in [3.8, 4) is 0 Å². The summed E-state index contributed by atoms with van der Waals surface area (Å²) in [6.07, 6.45) is 7.45. The number of aromatic nitrogens is 1. The van der Waals surface area contributed by atoms with Gasteiger partial charge in [-0.05, 0) is 31.4 Å². The van der Waals surface area contributed by atoms with Gasteiger partial charge in [-0.25, -0.2) is 4.98 Å². The normalized spacial score (nSPS) is 15.5. The van der Waals surface area contributed by atoms with Crippen molar-refractivity contribution < 1.29 is 9.59 Å². The average Bonchev–Trinajstić information content (AvgIpc) is 2.50. The van der Waals surface area contributed by atoms with E-state index in [4.69, 9.17) is 0 Å². The second kappa shape index (κ2) is 7.20. The highest BCUT2D eigenvalue weighted by Crippen LogP contribution is 2.25. The van der Waals surface area contributed by atoms with E-state index in [0.717, 1.165) is 31.2 Å². The zero-order chi connectivity index (χ0) is 15.2. The van der Waals surface area contributed by atoms with Crippen LogP contribution >= 0.6 is 0 Å². The van der Waals surface area contributed by atoms with Gasteiger partial charge in [0.15, 0.2) is 0 Å². The molecule has 1 aliphatic carbocycles. The maximum Gasteiger partial charge on any atom is 0.228 e. The second-order valence-electron chi connectivity index (χ2n) is 5.61. The lowest BCUT2D eigenvalue weighted by molar-refractivity contribution is -0.120. The Labute approximate surface area is 125 Å². The van der Waals surface area contributed by atoms with Crippen molar-refractivity contribution >= 4 is 23.3 Å². The summed E-state index contributed by atoms with van der Waals surface area (Å²) in [6, 6.07) is 1.80. The zero-order valence-electron chi connectivity index (χ0n) is 12.7. The fraction of sp³-hybridized carbons (Fsp3) is 0.562. The maximum absolute atomic E-state index is 12.2. The molecule has 21 heavy (non-hydrogen) atoms. The third-order valence-corrected chi connectivity index (χ3v) is 3.93. The van der Waals surface area contributed by atoms with Crippen molar-refractivity contribution in [2.24, 2.45) is 5.92 Å². The van der Waals surface area contributed by atoms with Gasteiger partial charge in [0, 0.05) is 12.3 Å². The van der Waals surface area contributed by atoms with E-state index in [0.29, 0.717) is 17.9 Å². The van der Waals surface area contributed by atoms with Gasteiger partial charge in [-0.3, -0.25) is 9.59 Å². The largest absolute Gasteiger partial charge is 0.325 e. The molecule has 5 heteroatoms. The fourth-order valence-electron chi connectivity index (χ4n) is 2.59. The van der Waals surface area contributed by atoms with Gasteiger partial charge in [0.25, 0.3) is 0 Å². The molecule has 0 aromatic carbocycles. The molecule has 0 bridgehead atoms. The minimum atomic E-state index is -0.0427. The number of nitrogens with one attached hydrogen (secondary N) is 2. The molecule has 2 N–H and O–H groups in total. The predicted molar refractivity (Wildman–Crippen MR) is 83.1 cm³/mol. The molecule has 1 heterocycles. The SMILES string of the molecule is CCC(=O)Nc1cnc(NC(=O)C2CCCCC2)cc1C. The van der Waals surface area contributed by atoms with Crippen LogP contribution in [0.4, 0.5) is 11.5 Å². The first-order valence-electron chi connectivity index (χ1n) is 7.67. The molecular formula is C16H23N3O2. The Kier molecular flexibility index (Phi) is 5.31. The Morgan fingerprint density at radius 1 is 1.24 bits per heavy atom. The van der Waals surface area contributed by atoms with Gasteiger partial charge >= 0.3 is 0 Å². The average molecular weight is 289 g/mol. The molecule has 1 aromatic heterocycles. The van der Waals surface area contributed by atoms with E-state index >= 15 is 0 Å². The number of aryl methyl sites for hydroxylation is 1. The lowest BCUT2D eigenvalue weighted by Crippen LogP contribution is -2.25. The summed E-state index contributed by atoms with van der Waals surface area (Å²) in [5.41, 5.74) is 1.59. The summed E-state index contributed by atoms with van der Waals surface area (Å²) in [7, 11) is 0. The first kappa shape index (κ1) is 15.5. The van der Waals surface area contributed by atoms with E-state index in [9.17, 15) is 9.59 Å². The molecule has 1 aliphatic rings. The molecule has 0 saturated heterocycles. The molecule has 0 spiro atoms. The van der Waals surface area contributed by atoms with Crippen LogP contribution in [-0.2, 0) is 9.59 Å². The number of hydrogen-bond acceptors (Lipinski definition) is 3. The molecule has 1 fully saturated rings. The van der Waals surface area contributed by atoms with Crippen LogP contribution < -0.4 is 10.6 Å². The summed E-state index contributed by atoms with van der Waals surface area (Å²) in [5, 5.41) is 5.67. The molecule has 2 rings (SSSR count). The third-order valence-electron chi connectivity index (χ3n) is 3.93. The Balaban J connectivity index is 1.99. The van der Waals surface area contributed by atoms with E-state index in [1.807, 2.05) is 6.92 Å². The van der Waals surface area contributed by atoms with E-state index in [2.05, 4.69) is 15.6 Å². The van der Waals surface area contributed by atoms with Crippen molar-refractivity contribution in [2.45, 2.75) is 52.4 Å². The van der Waals surface area contributed by atoms with E-state index < -0.39 is 0 Å². The van der Waals surface area contributed by atoms with Crippen molar-refractivity contribution in [1.29, 1.82) is 0 Å². The summed E-state index contributed by atoms with van der Waals surface area (Å²) in [5.74, 6) is 0.684. The summed E-state index contributed by atoms with van der Waals surface area (Å²) in [6.45, 7) is 3.69. The minimum Gasteiger partial charge on any atom is -0.325 e. The highest BCUT2D eigenvalue weighted by molar-refractivity contribution is 5.93. The maximum atomic E-state index is 12.2. The van der Waals surface area contributed by atoms with E-state index in [1.54, 1.807) is 19.2 Å². The van der Waals surface area contributed by atoms with Crippen LogP contribution in [-0.4, -0.2) is 16.8 Å². The summed E-state index contributed by atoms with van der Waals surface area (Å²) in [4.78, 5) is 27.8. The zero-order valence-corrected chi connectivity index (χ0v) is 12.7. The lowest BCUT2D eigenvalue weighted by Gasteiger charge is -2.20. The van der Waals surface area contributed by atoms with Crippen molar-refractivity contribution in [2.75, 3.05) is 10.6 Å². The topological polar surface area (TPSA) is 71.1 Å². The second-order valence-corrected chi connectivity index (χ2v) is 5.61. The van der Waals surface area contributed by atoms with Crippen molar-refractivity contribution in [3.63, 3.8) is 0 Å². The third kappa shape index (κ3) is 4.28. The smallest absolute Gasteiger partial charge is 0.228 e. The van der Waals surface area contributed by atoms with Crippen LogP contribution in [0.15, 0.2) is 12.3 Å². The number of hydrogen-bond donors (Lipinski definition) is 2. The van der Waals surface area contributed by atoms with E-state index in [-0.39, 0.29) is 17.7 Å². The molecule has 1 saturated carbocycles. The van der Waals surface area contributed by atoms with Gasteiger partial charge in [-0.15, -0.1) is 0 Å². The van der Waals surface area contributed by atoms with Crippen LogP contribution in [0.2, 0.25) is 0 Å². The molecule has 5 nitrogen and oxygen atoms in total. The van der Waals surface area contributed by atoms with E-state index in [1.165, 1.54) is 6.42 Å². The Bertz CT molecular complexity index is 522. The van der Waals surface area contributed by atoms with Crippen molar-refractivity contribution in [3.05, 3.63) is 17.8 Å². The van der Waals surface area contributed by atoms with Gasteiger partial charge in [-0.1, -0.05) is 26.2 Å². The first-order valence-corrected chi connectivity index (χ1v) is 7.67. The Morgan fingerprint density at radius 2 is 1.95 bits per heavy atom. The number of nitrogens with zero attached hydrogens (tertiary/aromatic N) is 1. The standard InChI is InChI=1S/C16H23N3O2/c1-3-15(20)18-13-10-17-14(9-11(13)2)19-16(21)12-7-5-4-6-8-12/h9-10,12H,3-8H2,1-2H3,(H,18,20)(H,17,19,21). The monoisotopic (exact) mass is 289 g/mol. The number of carbonyl (C=O) groups is 2. The molecule has 0 unspecified atom stereocenters. The molecule has 0 radical (unpaired) electrons. The van der Waals surface area contributed by atoms with Crippen LogP contribution in [0.3, 0.4) is 0 Å². The molecule has 0 atom stereocenters. The van der Waals surface area contributed by atoms with Gasteiger partial charge in [0.05, 0.1) is 11.9 Å². The molecule has 114 valence electrons. The van der Waals surface area contributed by atoms with Crippen LogP contribution in [0.25, 0.3) is 0 Å². The number of pyridine rings is 1.